The fraction of sp³-hybridized carbons (Fsp3) is 0.636. The zero-order chi connectivity index (χ0) is 20.5. The minimum atomic E-state index is 0.204. The average Bonchev–Trinajstić information content (AvgIpc) is 3.36. The van der Waals surface area contributed by atoms with Crippen LogP contribution in [0.3, 0.4) is 0 Å². The van der Waals surface area contributed by atoms with Crippen LogP contribution < -0.4 is 10.6 Å². The molecule has 3 rings (SSSR count). The lowest BCUT2D eigenvalue weighted by molar-refractivity contribution is 0.150. The van der Waals surface area contributed by atoms with E-state index in [0.29, 0.717) is 6.54 Å². The van der Waals surface area contributed by atoms with Crippen molar-refractivity contribution >= 4 is 5.96 Å². The highest BCUT2D eigenvalue weighted by Gasteiger charge is 2.24. The molecule has 0 aliphatic carbocycles. The molecular weight excluding hydrogens is 364 g/mol. The van der Waals surface area contributed by atoms with Crippen LogP contribution in [0.2, 0.25) is 0 Å². The van der Waals surface area contributed by atoms with Gasteiger partial charge in [-0.2, -0.15) is 5.10 Å². The van der Waals surface area contributed by atoms with E-state index in [2.05, 4.69) is 51.3 Å². The number of aliphatic imine (C=N–C) groups is 1. The van der Waals surface area contributed by atoms with Gasteiger partial charge in [0, 0.05) is 25.3 Å². The Hall–Kier alpha value is -2.28. The van der Waals surface area contributed by atoms with Gasteiger partial charge < -0.3 is 15.1 Å². The number of rotatable bonds is 9. The summed E-state index contributed by atoms with van der Waals surface area (Å²) in [5.74, 6) is 1.88. The number of nitrogens with zero attached hydrogens (tertiary/aromatic N) is 4. The molecule has 3 heterocycles. The van der Waals surface area contributed by atoms with Gasteiger partial charge in [0.2, 0.25) is 0 Å². The summed E-state index contributed by atoms with van der Waals surface area (Å²) >= 11 is 0. The van der Waals surface area contributed by atoms with Gasteiger partial charge in [-0.1, -0.05) is 6.42 Å². The van der Waals surface area contributed by atoms with E-state index in [1.807, 2.05) is 13.0 Å². The van der Waals surface area contributed by atoms with Crippen molar-refractivity contribution in [3.8, 4) is 0 Å². The van der Waals surface area contributed by atoms with Crippen molar-refractivity contribution in [2.24, 2.45) is 4.99 Å². The number of aromatic nitrogens is 2. The number of hydrogen-bond donors (Lipinski definition) is 2. The standard InChI is InChI=1S/C22H36N6O/c1-4-23-22(24-11-9-14-28-19(3)16-18(2)26-28)25-17-20(21-10-8-15-29-21)27-12-6-5-7-13-27/h8,10,15-16,20H,4-7,9,11-14,17H2,1-3H3,(H2,23,24,25). The van der Waals surface area contributed by atoms with E-state index in [-0.39, 0.29) is 6.04 Å². The van der Waals surface area contributed by atoms with Gasteiger partial charge in [-0.15, -0.1) is 0 Å². The second-order valence-electron chi connectivity index (χ2n) is 7.78. The first-order valence-electron chi connectivity index (χ1n) is 11.0. The summed E-state index contributed by atoms with van der Waals surface area (Å²) < 4.78 is 7.81. The predicted molar refractivity (Wildman–Crippen MR) is 117 cm³/mol. The van der Waals surface area contributed by atoms with Crippen LogP contribution in [0.15, 0.2) is 33.9 Å². The topological polar surface area (TPSA) is 70.6 Å². The highest BCUT2D eigenvalue weighted by Crippen LogP contribution is 2.25. The largest absolute Gasteiger partial charge is 0.468 e. The molecule has 1 aliphatic rings. The number of likely N-dealkylation sites (tertiary alicyclic amines) is 1. The molecule has 0 radical (unpaired) electrons. The molecule has 0 spiro atoms. The van der Waals surface area contributed by atoms with Crippen LogP contribution in [0.4, 0.5) is 0 Å². The summed E-state index contributed by atoms with van der Waals surface area (Å²) in [6.07, 6.45) is 6.60. The van der Waals surface area contributed by atoms with Crippen molar-refractivity contribution in [3.63, 3.8) is 0 Å². The lowest BCUT2D eigenvalue weighted by Crippen LogP contribution is -2.40. The minimum absolute atomic E-state index is 0.204. The summed E-state index contributed by atoms with van der Waals surface area (Å²) in [6.45, 7) is 11.8. The summed E-state index contributed by atoms with van der Waals surface area (Å²) in [5, 5.41) is 11.4. The molecule has 1 saturated heterocycles. The Morgan fingerprint density at radius 2 is 2.07 bits per heavy atom. The SMILES string of the molecule is CCNC(=NCC(c1ccco1)N1CCCCC1)NCCCn1nc(C)cc1C. The zero-order valence-electron chi connectivity index (χ0n) is 18.2. The van der Waals surface area contributed by atoms with E-state index in [4.69, 9.17) is 9.41 Å². The molecule has 1 unspecified atom stereocenters. The van der Waals surface area contributed by atoms with Crippen molar-refractivity contribution in [2.45, 2.75) is 59.0 Å². The second kappa shape index (κ2) is 11.0. The maximum Gasteiger partial charge on any atom is 0.191 e. The molecule has 0 aromatic carbocycles. The number of piperidine rings is 1. The molecule has 0 bridgehead atoms. The van der Waals surface area contributed by atoms with Crippen LogP contribution in [-0.4, -0.2) is 53.4 Å². The maximum atomic E-state index is 5.74. The van der Waals surface area contributed by atoms with Gasteiger partial charge in [-0.3, -0.25) is 14.6 Å². The van der Waals surface area contributed by atoms with Crippen LogP contribution in [0.25, 0.3) is 0 Å². The van der Waals surface area contributed by atoms with Crippen LogP contribution in [-0.2, 0) is 6.54 Å². The third-order valence-corrected chi connectivity index (χ3v) is 5.41. The van der Waals surface area contributed by atoms with Gasteiger partial charge in [0.1, 0.15) is 5.76 Å². The van der Waals surface area contributed by atoms with Crippen LogP contribution in [0.5, 0.6) is 0 Å². The third-order valence-electron chi connectivity index (χ3n) is 5.41. The Bertz CT molecular complexity index is 745. The molecule has 0 saturated carbocycles. The van der Waals surface area contributed by atoms with E-state index < -0.39 is 0 Å². The lowest BCUT2D eigenvalue weighted by atomic mass is 10.1. The first-order chi connectivity index (χ1) is 14.2. The number of aryl methyl sites for hydroxylation is 3. The second-order valence-corrected chi connectivity index (χ2v) is 7.78. The van der Waals surface area contributed by atoms with E-state index >= 15 is 0 Å². The van der Waals surface area contributed by atoms with Crippen LogP contribution in [0, 0.1) is 13.8 Å². The van der Waals surface area contributed by atoms with Crippen molar-refractivity contribution < 1.29 is 4.42 Å². The Balaban J connectivity index is 1.55. The molecule has 0 amide bonds. The number of hydrogen-bond acceptors (Lipinski definition) is 4. The first-order valence-corrected chi connectivity index (χ1v) is 11.0. The Morgan fingerprint density at radius 3 is 2.72 bits per heavy atom. The Kier molecular flexibility index (Phi) is 8.16. The molecule has 1 aliphatic heterocycles. The molecular formula is C22H36N6O. The highest BCUT2D eigenvalue weighted by atomic mass is 16.3. The van der Waals surface area contributed by atoms with Crippen molar-refractivity contribution in [1.82, 2.24) is 25.3 Å². The lowest BCUT2D eigenvalue weighted by Gasteiger charge is -2.32. The van der Waals surface area contributed by atoms with E-state index in [9.17, 15) is 0 Å². The molecule has 2 aromatic heterocycles. The minimum Gasteiger partial charge on any atom is -0.468 e. The monoisotopic (exact) mass is 400 g/mol. The predicted octanol–water partition coefficient (Wildman–Crippen LogP) is 3.27. The van der Waals surface area contributed by atoms with Crippen LogP contribution in [0.1, 0.15) is 55.8 Å². The molecule has 2 aromatic rings. The van der Waals surface area contributed by atoms with Crippen LogP contribution >= 0.6 is 0 Å². The van der Waals surface area contributed by atoms with Gasteiger partial charge in [0.15, 0.2) is 5.96 Å². The number of guanidine groups is 1. The Labute approximate surface area is 174 Å². The number of nitrogens with one attached hydrogen (secondary N) is 2. The smallest absolute Gasteiger partial charge is 0.191 e. The molecule has 2 N–H and O–H groups in total. The summed E-state index contributed by atoms with van der Waals surface area (Å²) in [4.78, 5) is 7.39. The van der Waals surface area contributed by atoms with Gasteiger partial charge in [0.25, 0.3) is 0 Å². The first kappa shape index (κ1) is 21.4. The van der Waals surface area contributed by atoms with E-state index in [1.165, 1.54) is 25.0 Å². The summed E-state index contributed by atoms with van der Waals surface area (Å²) in [5.41, 5.74) is 2.29. The van der Waals surface area contributed by atoms with Crippen molar-refractivity contribution in [2.75, 3.05) is 32.7 Å². The fourth-order valence-electron chi connectivity index (χ4n) is 3.95. The van der Waals surface area contributed by atoms with Gasteiger partial charge in [0.05, 0.1) is 24.5 Å². The molecule has 7 heteroatoms. The molecule has 7 nitrogen and oxygen atoms in total. The quantitative estimate of drug-likeness (QED) is 0.384. The van der Waals surface area contributed by atoms with E-state index in [1.54, 1.807) is 6.26 Å². The van der Waals surface area contributed by atoms with Gasteiger partial charge in [-0.25, -0.2) is 0 Å². The zero-order valence-corrected chi connectivity index (χ0v) is 18.2. The highest BCUT2D eigenvalue weighted by molar-refractivity contribution is 5.79. The molecule has 1 atom stereocenters. The average molecular weight is 401 g/mol. The van der Waals surface area contributed by atoms with Gasteiger partial charge >= 0.3 is 0 Å². The normalized spacial score (nSPS) is 16.7. The van der Waals surface area contributed by atoms with E-state index in [0.717, 1.165) is 56.6 Å². The molecule has 160 valence electrons. The van der Waals surface area contributed by atoms with Gasteiger partial charge in [-0.05, 0) is 71.3 Å². The number of furan rings is 1. The maximum absolute atomic E-state index is 5.74. The van der Waals surface area contributed by atoms with Crippen molar-refractivity contribution in [3.05, 3.63) is 41.6 Å². The fourth-order valence-corrected chi connectivity index (χ4v) is 3.95. The van der Waals surface area contributed by atoms with Crippen molar-refractivity contribution in [1.29, 1.82) is 0 Å². The molecule has 1 fully saturated rings. The summed E-state index contributed by atoms with van der Waals surface area (Å²) in [7, 11) is 0. The third kappa shape index (κ3) is 6.35. The molecule has 29 heavy (non-hydrogen) atoms. The summed E-state index contributed by atoms with van der Waals surface area (Å²) in [6, 6.07) is 6.37. The Morgan fingerprint density at radius 1 is 1.24 bits per heavy atom.